The highest BCUT2D eigenvalue weighted by Gasteiger charge is 2.75. The van der Waals surface area contributed by atoms with Gasteiger partial charge in [-0.1, -0.05) is 38.5 Å². The lowest BCUT2D eigenvalue weighted by atomic mass is 9.82. The number of carbonyl (C=O) groups is 4. The maximum absolute atomic E-state index is 15.8. The molecule has 1 aliphatic carbocycles. The van der Waals surface area contributed by atoms with Crippen LogP contribution in [0.5, 0.6) is 0 Å². The van der Waals surface area contributed by atoms with Gasteiger partial charge in [0.2, 0.25) is 5.78 Å². The van der Waals surface area contributed by atoms with Crippen LogP contribution in [0.2, 0.25) is 18.1 Å². The van der Waals surface area contributed by atoms with Crippen molar-refractivity contribution in [2.45, 2.75) is 94.4 Å². The number of non-ortho nitro benzene ring substituents is 1. The summed E-state index contributed by atoms with van der Waals surface area (Å²) in [4.78, 5) is 67.0. The van der Waals surface area contributed by atoms with E-state index in [9.17, 15) is 29.3 Å². The van der Waals surface area contributed by atoms with E-state index in [2.05, 4.69) is 4.36 Å². The average Bonchev–Trinajstić information content (AvgIpc) is 3.52. The Kier molecular flexibility index (Phi) is 9.99. The number of rotatable bonds is 10. The molecule has 2 heterocycles. The van der Waals surface area contributed by atoms with Crippen molar-refractivity contribution in [2.24, 2.45) is 15.7 Å². The van der Waals surface area contributed by atoms with Gasteiger partial charge < -0.3 is 18.6 Å². The van der Waals surface area contributed by atoms with Crippen molar-refractivity contribution in [1.82, 2.24) is 0 Å². The Bertz CT molecular complexity index is 1910. The number of Topliss-reactive ketones (excluding diaryl/α,β-unsaturated/α-hetero) is 1. The molecule has 15 heteroatoms. The topological polar surface area (TPSA) is 178 Å². The zero-order valence-corrected chi connectivity index (χ0v) is 31.9. The van der Waals surface area contributed by atoms with E-state index in [0.717, 1.165) is 17.7 Å². The Labute approximate surface area is 298 Å². The molecule has 1 saturated heterocycles. The number of ether oxygens (including phenoxy) is 3. The summed E-state index contributed by atoms with van der Waals surface area (Å²) in [6.07, 6.45) is -0.376. The number of benzene rings is 2. The van der Waals surface area contributed by atoms with Crippen molar-refractivity contribution in [1.29, 1.82) is 0 Å². The molecule has 5 rings (SSSR count). The second kappa shape index (κ2) is 13.4. The van der Waals surface area contributed by atoms with Crippen LogP contribution < -0.4 is 0 Å². The fourth-order valence-electron chi connectivity index (χ4n) is 6.86. The highest BCUT2D eigenvalue weighted by Crippen LogP contribution is 2.62. The first kappa shape index (κ1) is 38.0. The second-order valence-electron chi connectivity index (χ2n) is 14.8. The van der Waals surface area contributed by atoms with Crippen molar-refractivity contribution >= 4 is 47.4 Å². The predicted octanol–water partition coefficient (Wildman–Crippen LogP) is 6.09. The summed E-state index contributed by atoms with van der Waals surface area (Å²) in [5.41, 5.74) is -3.33. The van der Waals surface area contributed by atoms with E-state index in [0.29, 0.717) is 0 Å². The van der Waals surface area contributed by atoms with Gasteiger partial charge in [-0.05, 0) is 75.7 Å². The zero-order valence-electron chi connectivity index (χ0n) is 30.1. The smallest absolute Gasteiger partial charge is 0.323 e. The number of aryl methyl sites for hydroxylation is 1. The number of ketones is 1. The van der Waals surface area contributed by atoms with Crippen LogP contribution >= 0.6 is 0 Å². The summed E-state index contributed by atoms with van der Waals surface area (Å²) in [6.45, 7) is 14.9. The molecule has 0 aromatic heterocycles. The van der Waals surface area contributed by atoms with Crippen molar-refractivity contribution in [3.8, 4) is 0 Å². The highest BCUT2D eigenvalue weighted by atomic mass is 32.2. The maximum Gasteiger partial charge on any atom is 0.323 e. The molecule has 5 atom stereocenters. The largest absolute Gasteiger partial charge is 0.541 e. The predicted molar refractivity (Wildman–Crippen MR) is 189 cm³/mol. The Morgan fingerprint density at radius 1 is 1.02 bits per heavy atom. The fourth-order valence-corrected chi connectivity index (χ4v) is 10.6. The molecule has 2 fully saturated rings. The van der Waals surface area contributed by atoms with E-state index in [4.69, 9.17) is 18.6 Å². The number of nitro groups is 1. The summed E-state index contributed by atoms with van der Waals surface area (Å²) in [6, 6.07) is 11.3. The lowest BCUT2D eigenvalue weighted by Crippen LogP contribution is -2.50. The van der Waals surface area contributed by atoms with Gasteiger partial charge in [-0.25, -0.2) is 4.21 Å². The monoisotopic (exact) mass is 740 g/mol. The zero-order chi connectivity index (χ0) is 37.7. The van der Waals surface area contributed by atoms with E-state index in [1.54, 1.807) is 38.1 Å². The SMILES string of the molecule is CCOC(=O)C1(C(=O)OCC)C[C@H]2[C@H](S(=O)(=NC(=O)c3ccc([N+](=O)[O-])cc3)c3ccc(C)cc3)[C@@H]3C=C(O[Si](C)(C)C(C)(C)C)C(=O)[C@@]2(C1)O3. The van der Waals surface area contributed by atoms with Gasteiger partial charge in [0.25, 0.3) is 19.9 Å². The Hall–Kier alpha value is -4.21. The van der Waals surface area contributed by atoms with Crippen LogP contribution in [0, 0.1) is 28.4 Å². The number of esters is 2. The molecule has 1 unspecified atom stereocenters. The number of nitrogens with zero attached hydrogens (tertiary/aromatic N) is 2. The normalized spacial score (nSPS) is 24.8. The molecule has 3 aliphatic rings. The molecule has 1 amide bonds. The van der Waals surface area contributed by atoms with Crippen LogP contribution in [0.3, 0.4) is 0 Å². The van der Waals surface area contributed by atoms with Gasteiger partial charge in [-0.15, -0.1) is 0 Å². The van der Waals surface area contributed by atoms with Gasteiger partial charge in [0.05, 0.1) is 39.2 Å². The summed E-state index contributed by atoms with van der Waals surface area (Å²) in [5, 5.41) is 9.71. The number of hydrogen-bond acceptors (Lipinski definition) is 11. The molecule has 274 valence electrons. The number of fused-ring (bicyclic) bond motifs is 1. The molecule has 0 N–H and O–H groups in total. The number of amides is 1. The maximum atomic E-state index is 15.8. The minimum atomic E-state index is -3.92. The second-order valence-corrected chi connectivity index (χ2v) is 21.8. The first-order valence-electron chi connectivity index (χ1n) is 16.9. The fraction of sp³-hybridized carbons (Fsp3) is 0.500. The lowest BCUT2D eigenvalue weighted by molar-refractivity contribution is -0.384. The third-order valence-electron chi connectivity index (χ3n) is 10.5. The summed E-state index contributed by atoms with van der Waals surface area (Å²) >= 11 is 0. The first-order chi connectivity index (χ1) is 23.8. The molecule has 2 aliphatic heterocycles. The van der Waals surface area contributed by atoms with Crippen molar-refractivity contribution in [2.75, 3.05) is 13.2 Å². The lowest BCUT2D eigenvalue weighted by Gasteiger charge is -2.40. The molecule has 2 bridgehead atoms. The van der Waals surface area contributed by atoms with E-state index < -0.39 is 81.3 Å². The van der Waals surface area contributed by atoms with Gasteiger partial charge in [-0.2, -0.15) is 4.36 Å². The van der Waals surface area contributed by atoms with E-state index in [1.165, 1.54) is 18.2 Å². The Morgan fingerprint density at radius 2 is 1.59 bits per heavy atom. The molecule has 2 aromatic carbocycles. The highest BCUT2D eigenvalue weighted by molar-refractivity contribution is 7.94. The quantitative estimate of drug-likeness (QED) is 0.0906. The van der Waals surface area contributed by atoms with E-state index in [1.807, 2.05) is 40.8 Å². The van der Waals surface area contributed by atoms with Crippen LogP contribution in [0.4, 0.5) is 5.69 Å². The Balaban J connectivity index is 1.77. The van der Waals surface area contributed by atoms with Gasteiger partial charge >= 0.3 is 11.9 Å². The van der Waals surface area contributed by atoms with Crippen LogP contribution in [0.25, 0.3) is 0 Å². The molecule has 51 heavy (non-hydrogen) atoms. The van der Waals surface area contributed by atoms with E-state index >= 15 is 4.21 Å². The number of carbonyl (C=O) groups excluding carboxylic acids is 4. The molecular formula is C36H44N2O11SSi. The van der Waals surface area contributed by atoms with Crippen molar-refractivity contribution in [3.63, 3.8) is 0 Å². The summed E-state index contributed by atoms with van der Waals surface area (Å²) in [5.74, 6) is -4.43. The Morgan fingerprint density at radius 3 is 2.10 bits per heavy atom. The molecule has 1 saturated carbocycles. The minimum Gasteiger partial charge on any atom is -0.541 e. The minimum absolute atomic E-state index is 0.0128. The van der Waals surface area contributed by atoms with E-state index in [-0.39, 0.29) is 46.6 Å². The molecule has 13 nitrogen and oxygen atoms in total. The van der Waals surface area contributed by atoms with Gasteiger partial charge in [-0.3, -0.25) is 29.3 Å². The van der Waals surface area contributed by atoms with Gasteiger partial charge in [0.15, 0.2) is 5.41 Å². The molecular weight excluding hydrogens is 697 g/mol. The van der Waals surface area contributed by atoms with Gasteiger partial charge in [0.1, 0.15) is 11.4 Å². The third kappa shape index (κ3) is 6.44. The third-order valence-corrected chi connectivity index (χ3v) is 17.6. The molecule has 0 radical (unpaired) electrons. The number of nitro benzene ring substituents is 1. The van der Waals surface area contributed by atoms with Crippen LogP contribution in [0.1, 0.15) is 63.4 Å². The summed E-state index contributed by atoms with van der Waals surface area (Å²) in [7, 11) is -6.59. The van der Waals surface area contributed by atoms with Gasteiger partial charge in [0, 0.05) is 34.9 Å². The number of hydrogen-bond donors (Lipinski definition) is 0. The van der Waals surface area contributed by atoms with Crippen molar-refractivity contribution < 1.29 is 46.9 Å². The average molecular weight is 741 g/mol. The summed E-state index contributed by atoms with van der Waals surface area (Å²) < 4.78 is 44.1. The standard InChI is InChI=1S/C36H44N2O11SSi/c1-9-46-32(41)35(33(42)47-10-2)20-26-29(27-19-28(30(39)36(26,21-35)48-27)49-51(7,8)34(4,5)6)50(45,25-17-11-22(3)12-18-25)37-31(40)23-13-15-24(16-14-23)38(43)44/h11-19,26-27,29H,9-10,20-21H2,1-8H3/t26-,27-,29-,36-,50?/m0/s1. The van der Waals surface area contributed by atoms with Crippen LogP contribution in [-0.2, 0) is 42.7 Å². The van der Waals surface area contributed by atoms with Crippen LogP contribution in [0.15, 0.2) is 69.6 Å². The molecule has 2 aromatic rings. The first-order valence-corrected chi connectivity index (χ1v) is 21.3. The van der Waals surface area contributed by atoms with Crippen molar-refractivity contribution in [3.05, 3.63) is 81.6 Å². The van der Waals surface area contributed by atoms with Crippen LogP contribution in [-0.4, -0.2) is 71.2 Å². The molecule has 1 spiro atoms.